The van der Waals surface area contributed by atoms with Crippen LogP contribution in [0.15, 0.2) is 24.3 Å². The normalized spacial score (nSPS) is 17.8. The maximum absolute atomic E-state index is 5.09. The smallest absolute Gasteiger partial charge is 0.0745 e. The molecule has 88 valence electrons. The average molecular weight is 220 g/mol. The molecule has 0 aliphatic carbocycles. The highest BCUT2D eigenvalue weighted by molar-refractivity contribution is 5.48. The Morgan fingerprint density at radius 1 is 1.25 bits per heavy atom. The zero-order valence-corrected chi connectivity index (χ0v) is 9.86. The third kappa shape index (κ3) is 2.54. The Hall–Kier alpha value is -1.06. The lowest BCUT2D eigenvalue weighted by Gasteiger charge is -2.18. The summed E-state index contributed by atoms with van der Waals surface area (Å²) in [5.41, 5.74) is 2.62. The molecule has 1 aromatic rings. The topological polar surface area (TPSA) is 38.5 Å². The summed E-state index contributed by atoms with van der Waals surface area (Å²) in [6.45, 7) is 5.09. The number of benzene rings is 1. The Balaban J connectivity index is 2.03. The first-order valence-corrected chi connectivity index (χ1v) is 5.98. The van der Waals surface area contributed by atoms with Crippen molar-refractivity contribution in [1.82, 2.24) is 0 Å². The van der Waals surface area contributed by atoms with Gasteiger partial charge in [0.2, 0.25) is 0 Å². The Labute approximate surface area is 97.1 Å². The summed E-state index contributed by atoms with van der Waals surface area (Å²) in [7, 11) is 0. The number of nitrogens with two attached hydrogens (primary N) is 1. The van der Waals surface area contributed by atoms with Gasteiger partial charge in [-0.25, -0.2) is 5.90 Å². The van der Waals surface area contributed by atoms with E-state index in [1.54, 1.807) is 0 Å². The van der Waals surface area contributed by atoms with Crippen LogP contribution in [0.4, 0.5) is 5.69 Å². The van der Waals surface area contributed by atoms with Crippen molar-refractivity contribution >= 4 is 5.69 Å². The molecule has 0 spiro atoms. The van der Waals surface area contributed by atoms with Crippen LogP contribution in [0.3, 0.4) is 0 Å². The molecule has 1 aromatic carbocycles. The van der Waals surface area contributed by atoms with E-state index in [0.29, 0.717) is 12.5 Å². The Kier molecular flexibility index (Phi) is 3.80. The Morgan fingerprint density at radius 2 is 1.88 bits per heavy atom. The first-order chi connectivity index (χ1) is 7.81. The molecule has 0 saturated carbocycles. The molecule has 0 amide bonds. The standard InChI is InChI=1S/C13H20N2O/c1-11(10-16-14)12-4-6-13(7-5-12)15-8-2-3-9-15/h4-7,11H,2-3,8-10,14H2,1H3. The molecule has 1 aliphatic heterocycles. The van der Waals surface area contributed by atoms with Crippen LogP contribution in [-0.2, 0) is 4.84 Å². The molecule has 0 aromatic heterocycles. The molecular formula is C13H20N2O. The lowest BCUT2D eigenvalue weighted by atomic mass is 10.0. The van der Waals surface area contributed by atoms with Crippen LogP contribution in [0.2, 0.25) is 0 Å². The minimum Gasteiger partial charge on any atom is -0.372 e. The van der Waals surface area contributed by atoms with Gasteiger partial charge in [0.05, 0.1) is 6.61 Å². The van der Waals surface area contributed by atoms with E-state index in [2.05, 4.69) is 40.9 Å². The average Bonchev–Trinajstić information content (AvgIpc) is 2.83. The monoisotopic (exact) mass is 220 g/mol. The second-order valence-corrected chi connectivity index (χ2v) is 4.52. The largest absolute Gasteiger partial charge is 0.372 e. The fourth-order valence-corrected chi connectivity index (χ4v) is 2.23. The molecule has 1 atom stereocenters. The van der Waals surface area contributed by atoms with Gasteiger partial charge in [0, 0.05) is 24.7 Å². The van der Waals surface area contributed by atoms with Crippen LogP contribution >= 0.6 is 0 Å². The highest BCUT2D eigenvalue weighted by atomic mass is 16.6. The van der Waals surface area contributed by atoms with Crippen LogP contribution in [0.5, 0.6) is 0 Å². The summed E-state index contributed by atoms with van der Waals surface area (Å²) in [5.74, 6) is 5.45. The van der Waals surface area contributed by atoms with Crippen molar-refractivity contribution < 1.29 is 4.84 Å². The summed E-state index contributed by atoms with van der Waals surface area (Å²) in [6.07, 6.45) is 2.64. The fraction of sp³-hybridized carbons (Fsp3) is 0.538. The molecule has 1 heterocycles. The summed E-state index contributed by atoms with van der Waals surface area (Å²) >= 11 is 0. The first kappa shape index (κ1) is 11.4. The molecule has 16 heavy (non-hydrogen) atoms. The highest BCUT2D eigenvalue weighted by Crippen LogP contribution is 2.23. The Morgan fingerprint density at radius 3 is 2.44 bits per heavy atom. The summed E-state index contributed by atoms with van der Waals surface area (Å²) in [5, 5.41) is 0. The molecule has 3 heteroatoms. The summed E-state index contributed by atoms with van der Waals surface area (Å²) in [6, 6.07) is 8.76. The molecular weight excluding hydrogens is 200 g/mol. The minimum absolute atomic E-state index is 0.359. The molecule has 1 fully saturated rings. The fourth-order valence-electron chi connectivity index (χ4n) is 2.23. The minimum atomic E-state index is 0.359. The maximum atomic E-state index is 5.09. The number of anilines is 1. The van der Waals surface area contributed by atoms with E-state index in [9.17, 15) is 0 Å². The molecule has 1 aliphatic rings. The van der Waals surface area contributed by atoms with Crippen LogP contribution < -0.4 is 10.8 Å². The number of hydrogen-bond donors (Lipinski definition) is 1. The lowest BCUT2D eigenvalue weighted by molar-refractivity contribution is 0.126. The first-order valence-electron chi connectivity index (χ1n) is 5.98. The molecule has 2 rings (SSSR count). The van der Waals surface area contributed by atoms with E-state index in [1.165, 1.54) is 37.2 Å². The predicted molar refractivity (Wildman–Crippen MR) is 66.4 cm³/mol. The van der Waals surface area contributed by atoms with Crippen LogP contribution in [0, 0.1) is 0 Å². The third-order valence-corrected chi connectivity index (χ3v) is 3.28. The quantitative estimate of drug-likeness (QED) is 0.791. The number of hydrogen-bond acceptors (Lipinski definition) is 3. The van der Waals surface area contributed by atoms with Crippen molar-refractivity contribution in [2.24, 2.45) is 5.90 Å². The molecule has 0 bridgehead atoms. The summed E-state index contributed by atoms with van der Waals surface area (Å²) in [4.78, 5) is 7.12. The second-order valence-electron chi connectivity index (χ2n) is 4.52. The van der Waals surface area contributed by atoms with E-state index >= 15 is 0 Å². The van der Waals surface area contributed by atoms with Crippen molar-refractivity contribution in [2.45, 2.75) is 25.7 Å². The second kappa shape index (κ2) is 5.32. The van der Waals surface area contributed by atoms with Gasteiger partial charge < -0.3 is 9.74 Å². The molecule has 2 N–H and O–H groups in total. The molecule has 0 radical (unpaired) electrons. The van der Waals surface area contributed by atoms with Crippen molar-refractivity contribution in [3.05, 3.63) is 29.8 Å². The maximum Gasteiger partial charge on any atom is 0.0745 e. The van der Waals surface area contributed by atoms with Gasteiger partial charge in [-0.15, -0.1) is 0 Å². The molecule has 1 saturated heterocycles. The van der Waals surface area contributed by atoms with Crippen molar-refractivity contribution in [3.63, 3.8) is 0 Å². The summed E-state index contributed by atoms with van der Waals surface area (Å²) < 4.78 is 0. The van der Waals surface area contributed by atoms with Gasteiger partial charge in [-0.2, -0.15) is 0 Å². The number of rotatable bonds is 4. The van der Waals surface area contributed by atoms with Crippen LogP contribution in [0.1, 0.15) is 31.2 Å². The van der Waals surface area contributed by atoms with Crippen LogP contribution in [-0.4, -0.2) is 19.7 Å². The van der Waals surface area contributed by atoms with E-state index in [0.717, 1.165) is 0 Å². The van der Waals surface area contributed by atoms with Gasteiger partial charge in [-0.05, 0) is 30.5 Å². The predicted octanol–water partition coefficient (Wildman–Crippen LogP) is 2.28. The molecule has 3 nitrogen and oxygen atoms in total. The SMILES string of the molecule is CC(CON)c1ccc(N2CCCC2)cc1. The lowest BCUT2D eigenvalue weighted by Crippen LogP contribution is -2.17. The van der Waals surface area contributed by atoms with E-state index < -0.39 is 0 Å². The van der Waals surface area contributed by atoms with Gasteiger partial charge >= 0.3 is 0 Å². The van der Waals surface area contributed by atoms with Crippen LogP contribution in [0.25, 0.3) is 0 Å². The number of nitrogens with zero attached hydrogens (tertiary/aromatic N) is 1. The third-order valence-electron chi connectivity index (χ3n) is 3.28. The zero-order chi connectivity index (χ0) is 11.4. The van der Waals surface area contributed by atoms with Gasteiger partial charge in [-0.1, -0.05) is 19.1 Å². The van der Waals surface area contributed by atoms with Gasteiger partial charge in [0.1, 0.15) is 0 Å². The van der Waals surface area contributed by atoms with E-state index in [1.807, 2.05) is 0 Å². The van der Waals surface area contributed by atoms with Crippen molar-refractivity contribution in [2.75, 3.05) is 24.6 Å². The van der Waals surface area contributed by atoms with E-state index in [4.69, 9.17) is 5.90 Å². The van der Waals surface area contributed by atoms with Crippen molar-refractivity contribution in [3.8, 4) is 0 Å². The van der Waals surface area contributed by atoms with Gasteiger partial charge in [-0.3, -0.25) is 0 Å². The van der Waals surface area contributed by atoms with Gasteiger partial charge in [0.25, 0.3) is 0 Å². The molecule has 1 unspecified atom stereocenters. The van der Waals surface area contributed by atoms with Gasteiger partial charge in [0.15, 0.2) is 0 Å². The Bertz CT molecular complexity index is 317. The zero-order valence-electron chi connectivity index (χ0n) is 9.86. The highest BCUT2D eigenvalue weighted by Gasteiger charge is 2.12. The van der Waals surface area contributed by atoms with Crippen molar-refractivity contribution in [1.29, 1.82) is 0 Å². The van der Waals surface area contributed by atoms with E-state index in [-0.39, 0.29) is 0 Å².